The summed E-state index contributed by atoms with van der Waals surface area (Å²) in [7, 11) is 0. The average Bonchev–Trinajstić information content (AvgIpc) is 2.89. The summed E-state index contributed by atoms with van der Waals surface area (Å²) in [6.07, 6.45) is 40.9. The number of carboxylic acid groups (broad SMARTS) is 1. The Balaban J connectivity index is 0. The second-order valence-electron chi connectivity index (χ2n) is 10.9. The van der Waals surface area contributed by atoms with E-state index in [1.165, 1.54) is 148 Å². The van der Waals surface area contributed by atoms with Crippen molar-refractivity contribution in [3.8, 4) is 0 Å². The van der Waals surface area contributed by atoms with Gasteiger partial charge < -0.3 is 9.90 Å². The van der Waals surface area contributed by atoms with Gasteiger partial charge in [-0.1, -0.05) is 154 Å². The van der Waals surface area contributed by atoms with Crippen LogP contribution in [0.5, 0.6) is 0 Å². The van der Waals surface area contributed by atoms with E-state index in [-0.39, 0.29) is 0 Å². The fourth-order valence-electron chi connectivity index (χ4n) is 4.59. The van der Waals surface area contributed by atoms with Crippen LogP contribution in [0.15, 0.2) is 12.2 Å². The van der Waals surface area contributed by atoms with Crippen molar-refractivity contribution in [1.82, 2.24) is 0 Å². The largest absolute Gasteiger partial charge is 0.481 e. The molecular formula is C34H66O3. The predicted octanol–water partition coefficient (Wildman–Crippen LogP) is 11.8. The van der Waals surface area contributed by atoms with Crippen molar-refractivity contribution < 1.29 is 14.7 Å². The molecular weight excluding hydrogens is 456 g/mol. The first kappa shape index (κ1) is 38.0. The van der Waals surface area contributed by atoms with Crippen LogP contribution in [0.25, 0.3) is 0 Å². The molecule has 0 aliphatic rings. The molecule has 0 fully saturated rings. The molecule has 0 rings (SSSR count). The number of unbranched alkanes of at least 4 members (excludes halogenated alkanes) is 24. The summed E-state index contributed by atoms with van der Waals surface area (Å²) >= 11 is 0. The summed E-state index contributed by atoms with van der Waals surface area (Å²) in [5.74, 6) is -0.661. The molecule has 0 aliphatic carbocycles. The predicted molar refractivity (Wildman–Crippen MR) is 163 cm³/mol. The van der Waals surface area contributed by atoms with Gasteiger partial charge >= 0.3 is 5.97 Å². The molecule has 37 heavy (non-hydrogen) atoms. The number of carbonyl (C=O) groups is 2. The molecule has 0 aromatic heterocycles. The normalized spacial score (nSPS) is 11.0. The Morgan fingerprint density at radius 3 is 1.11 bits per heavy atom. The van der Waals surface area contributed by atoms with Gasteiger partial charge in [0.05, 0.1) is 0 Å². The molecule has 0 heterocycles. The van der Waals surface area contributed by atoms with Crippen molar-refractivity contribution >= 4 is 12.3 Å². The molecule has 220 valence electrons. The lowest BCUT2D eigenvalue weighted by Crippen LogP contribution is -1.93. The van der Waals surface area contributed by atoms with Crippen LogP contribution in [0.3, 0.4) is 0 Å². The summed E-state index contributed by atoms with van der Waals surface area (Å²) in [6, 6.07) is 0. The molecule has 0 radical (unpaired) electrons. The number of rotatable bonds is 29. The number of carboxylic acids is 1. The third-order valence-corrected chi connectivity index (χ3v) is 7.08. The zero-order chi connectivity index (χ0) is 27.5. The minimum Gasteiger partial charge on any atom is -0.481 e. The van der Waals surface area contributed by atoms with Crippen LogP contribution in [0, 0.1) is 0 Å². The van der Waals surface area contributed by atoms with Gasteiger partial charge in [-0.3, -0.25) is 4.79 Å². The van der Waals surface area contributed by atoms with Crippen molar-refractivity contribution in [2.45, 2.75) is 194 Å². The van der Waals surface area contributed by atoms with E-state index in [0.29, 0.717) is 6.42 Å². The van der Waals surface area contributed by atoms with Gasteiger partial charge in [0.25, 0.3) is 0 Å². The smallest absolute Gasteiger partial charge is 0.303 e. The molecule has 3 heteroatoms. The van der Waals surface area contributed by atoms with Gasteiger partial charge in [0.1, 0.15) is 6.29 Å². The van der Waals surface area contributed by atoms with E-state index in [2.05, 4.69) is 26.0 Å². The molecule has 0 aromatic carbocycles. The van der Waals surface area contributed by atoms with E-state index < -0.39 is 5.97 Å². The zero-order valence-corrected chi connectivity index (χ0v) is 25.3. The lowest BCUT2D eigenvalue weighted by Gasteiger charge is -2.02. The molecule has 0 aliphatic heterocycles. The van der Waals surface area contributed by atoms with Gasteiger partial charge in [0, 0.05) is 12.8 Å². The molecule has 0 saturated carbocycles. The molecule has 0 aromatic rings. The van der Waals surface area contributed by atoms with Crippen molar-refractivity contribution in [3.63, 3.8) is 0 Å². The fourth-order valence-corrected chi connectivity index (χ4v) is 4.59. The highest BCUT2D eigenvalue weighted by atomic mass is 16.4. The maximum absolute atomic E-state index is 10.3. The van der Waals surface area contributed by atoms with Gasteiger partial charge in [-0.05, 0) is 38.5 Å². The Morgan fingerprint density at radius 1 is 0.459 bits per heavy atom. The standard InChI is InChI=1S/C18H34O2.C16H32O/c1-2-3-4-5-6-7-8-9-10-11-12-13-14-15-16-17-18(19)20;1-2-3-4-5-6-7-8-9-10-11-12-13-14-15-16-17/h7-8H,2-6,9-17H2,1H3,(H,19,20);16H,2-15H2,1H3/b8-7+;. The molecule has 0 amide bonds. The first-order valence-electron chi connectivity index (χ1n) is 16.5. The Morgan fingerprint density at radius 2 is 0.757 bits per heavy atom. The number of allylic oxidation sites excluding steroid dienone is 2. The first-order valence-corrected chi connectivity index (χ1v) is 16.5. The molecule has 0 saturated heterocycles. The molecule has 1 N–H and O–H groups in total. The van der Waals surface area contributed by atoms with Crippen LogP contribution in [0.4, 0.5) is 0 Å². The Hall–Kier alpha value is -1.12. The number of hydrogen-bond donors (Lipinski definition) is 1. The van der Waals surface area contributed by atoms with Crippen LogP contribution in [-0.2, 0) is 9.59 Å². The monoisotopic (exact) mass is 523 g/mol. The van der Waals surface area contributed by atoms with Crippen LogP contribution in [0.2, 0.25) is 0 Å². The van der Waals surface area contributed by atoms with Crippen molar-refractivity contribution in [2.75, 3.05) is 0 Å². The first-order chi connectivity index (χ1) is 18.2. The van der Waals surface area contributed by atoms with E-state index in [1.54, 1.807) is 0 Å². The molecule has 0 spiro atoms. The Kier molecular flexibility index (Phi) is 38.1. The summed E-state index contributed by atoms with van der Waals surface area (Å²) in [5, 5.41) is 8.51. The van der Waals surface area contributed by atoms with Gasteiger partial charge in [0.2, 0.25) is 0 Å². The second kappa shape index (κ2) is 37.0. The number of carbonyl (C=O) groups excluding carboxylic acids is 1. The quantitative estimate of drug-likeness (QED) is 0.0603. The van der Waals surface area contributed by atoms with E-state index in [0.717, 1.165) is 32.0 Å². The number of aliphatic carboxylic acids is 1. The van der Waals surface area contributed by atoms with Gasteiger partial charge in [-0.15, -0.1) is 0 Å². The van der Waals surface area contributed by atoms with Crippen molar-refractivity contribution in [3.05, 3.63) is 12.2 Å². The van der Waals surface area contributed by atoms with E-state index in [9.17, 15) is 9.59 Å². The van der Waals surface area contributed by atoms with Gasteiger partial charge in [-0.2, -0.15) is 0 Å². The van der Waals surface area contributed by atoms with E-state index >= 15 is 0 Å². The van der Waals surface area contributed by atoms with Crippen molar-refractivity contribution in [1.29, 1.82) is 0 Å². The maximum Gasteiger partial charge on any atom is 0.303 e. The summed E-state index contributed by atoms with van der Waals surface area (Å²) in [5.41, 5.74) is 0. The second-order valence-corrected chi connectivity index (χ2v) is 10.9. The Bertz CT molecular complexity index is 458. The summed E-state index contributed by atoms with van der Waals surface area (Å²) < 4.78 is 0. The van der Waals surface area contributed by atoms with Gasteiger partial charge in [-0.25, -0.2) is 0 Å². The third-order valence-electron chi connectivity index (χ3n) is 7.08. The van der Waals surface area contributed by atoms with Crippen molar-refractivity contribution in [2.24, 2.45) is 0 Å². The van der Waals surface area contributed by atoms with E-state index in [1.807, 2.05) is 0 Å². The third kappa shape index (κ3) is 42.2. The minimum atomic E-state index is -0.661. The van der Waals surface area contributed by atoms with Crippen LogP contribution < -0.4 is 0 Å². The lowest BCUT2D eigenvalue weighted by atomic mass is 10.0. The Labute approximate surface area is 232 Å². The number of aldehydes is 1. The van der Waals surface area contributed by atoms with Crippen LogP contribution >= 0.6 is 0 Å². The molecule has 3 nitrogen and oxygen atoms in total. The number of hydrogen-bond acceptors (Lipinski definition) is 2. The molecule has 0 atom stereocenters. The highest BCUT2D eigenvalue weighted by Crippen LogP contribution is 2.13. The summed E-state index contributed by atoms with van der Waals surface area (Å²) in [6.45, 7) is 4.52. The highest BCUT2D eigenvalue weighted by molar-refractivity contribution is 5.66. The molecule has 0 unspecified atom stereocenters. The zero-order valence-electron chi connectivity index (χ0n) is 25.3. The molecule has 0 bridgehead atoms. The summed E-state index contributed by atoms with van der Waals surface area (Å²) in [4.78, 5) is 20.4. The van der Waals surface area contributed by atoms with Gasteiger partial charge in [0.15, 0.2) is 0 Å². The van der Waals surface area contributed by atoms with Crippen LogP contribution in [-0.4, -0.2) is 17.4 Å². The van der Waals surface area contributed by atoms with E-state index in [4.69, 9.17) is 5.11 Å². The fraction of sp³-hybridized carbons (Fsp3) is 0.882. The lowest BCUT2D eigenvalue weighted by molar-refractivity contribution is -0.137. The highest BCUT2D eigenvalue weighted by Gasteiger charge is 1.96. The topological polar surface area (TPSA) is 54.4 Å². The minimum absolute atomic E-state index is 0.336. The SMILES string of the molecule is CCCCCC/C=C/CCCCCCCCCC(=O)O.CCCCCCCCCCCCCCCC=O. The average molecular weight is 523 g/mol. The maximum atomic E-state index is 10.3. The van der Waals surface area contributed by atoms with Crippen LogP contribution in [0.1, 0.15) is 194 Å².